The Bertz CT molecular complexity index is 948. The molecule has 0 saturated carbocycles. The molecule has 0 fully saturated rings. The van der Waals surface area contributed by atoms with Crippen LogP contribution < -0.4 is 0 Å². The molecule has 1 aromatic carbocycles. The Balaban J connectivity index is 1.79. The minimum absolute atomic E-state index is 0.221. The Morgan fingerprint density at radius 1 is 1.36 bits per heavy atom. The fourth-order valence-corrected chi connectivity index (χ4v) is 3.20. The number of aromatic hydroxyl groups is 1. The Hall–Kier alpha value is -2.23. The number of aromatic nitrogens is 2. The summed E-state index contributed by atoms with van der Waals surface area (Å²) in [5.74, 6) is 1.49. The summed E-state index contributed by atoms with van der Waals surface area (Å²) in [4.78, 5) is 21.7. The number of benzene rings is 1. The number of carbonyl (C=O) groups is 1. The summed E-state index contributed by atoms with van der Waals surface area (Å²) >= 11 is 2.06. The number of phenolic OH excluding ortho intramolecular Hbond substituents is 1. The molecule has 7 nitrogen and oxygen atoms in total. The van der Waals surface area contributed by atoms with E-state index >= 15 is 0 Å². The molecule has 0 bridgehead atoms. The molecule has 0 aliphatic heterocycles. The van der Waals surface area contributed by atoms with E-state index < -0.39 is 5.60 Å². The van der Waals surface area contributed by atoms with Crippen LogP contribution in [0, 0.1) is 3.57 Å². The summed E-state index contributed by atoms with van der Waals surface area (Å²) in [6, 6.07) is 5.31. The Labute approximate surface area is 177 Å². The molecule has 0 saturated heterocycles. The van der Waals surface area contributed by atoms with Crippen molar-refractivity contribution in [1.29, 1.82) is 0 Å². The van der Waals surface area contributed by atoms with E-state index in [0.29, 0.717) is 36.0 Å². The number of aromatic amines is 1. The van der Waals surface area contributed by atoms with Gasteiger partial charge in [-0.3, -0.25) is 0 Å². The normalized spacial score (nSPS) is 11.8. The molecule has 0 atom stereocenters. The summed E-state index contributed by atoms with van der Waals surface area (Å²) in [5.41, 5.74) is 0.852. The van der Waals surface area contributed by atoms with Crippen molar-refractivity contribution in [2.24, 2.45) is 0 Å². The largest absolute Gasteiger partial charge is 0.507 e. The second-order valence-corrected chi connectivity index (χ2v) is 8.76. The maximum atomic E-state index is 12.4. The van der Waals surface area contributed by atoms with Crippen molar-refractivity contribution in [2.45, 2.75) is 46.3 Å². The monoisotopic (exact) mass is 497 g/mol. The van der Waals surface area contributed by atoms with Gasteiger partial charge in [0.25, 0.3) is 0 Å². The lowest BCUT2D eigenvalue weighted by atomic mass is 10.2. The van der Waals surface area contributed by atoms with E-state index in [1.165, 1.54) is 0 Å². The third kappa shape index (κ3) is 4.78. The van der Waals surface area contributed by atoms with Crippen LogP contribution in [0.25, 0.3) is 22.4 Å². The highest BCUT2D eigenvalue weighted by Gasteiger charge is 2.23. The molecule has 2 aromatic heterocycles. The van der Waals surface area contributed by atoms with Crippen LogP contribution in [-0.2, 0) is 11.3 Å². The van der Waals surface area contributed by atoms with Crippen LogP contribution in [0.5, 0.6) is 5.75 Å². The number of H-pyrrole nitrogens is 1. The smallest absolute Gasteiger partial charge is 0.410 e. The summed E-state index contributed by atoms with van der Waals surface area (Å²) in [7, 11) is 0. The number of imidazole rings is 1. The summed E-state index contributed by atoms with van der Waals surface area (Å²) in [6.45, 7) is 8.45. The van der Waals surface area contributed by atoms with Crippen molar-refractivity contribution in [1.82, 2.24) is 14.9 Å². The molecule has 3 rings (SSSR count). The van der Waals surface area contributed by atoms with Crippen LogP contribution >= 0.6 is 22.6 Å². The van der Waals surface area contributed by atoms with E-state index in [4.69, 9.17) is 9.15 Å². The van der Waals surface area contributed by atoms with E-state index in [2.05, 4.69) is 32.6 Å². The number of furan rings is 1. The van der Waals surface area contributed by atoms with Crippen LogP contribution in [0.4, 0.5) is 4.79 Å². The first kappa shape index (κ1) is 20.5. The lowest BCUT2D eigenvalue weighted by Gasteiger charge is -2.26. The molecule has 28 heavy (non-hydrogen) atoms. The lowest BCUT2D eigenvalue weighted by Crippen LogP contribution is -2.37. The summed E-state index contributed by atoms with van der Waals surface area (Å²) < 4.78 is 12.1. The van der Waals surface area contributed by atoms with Gasteiger partial charge in [0.1, 0.15) is 28.5 Å². The van der Waals surface area contributed by atoms with Gasteiger partial charge in [0, 0.05) is 11.9 Å². The van der Waals surface area contributed by atoms with Gasteiger partial charge in [-0.2, -0.15) is 0 Å². The first-order valence-electron chi connectivity index (χ1n) is 9.10. The van der Waals surface area contributed by atoms with Crippen LogP contribution in [0.3, 0.4) is 0 Å². The number of halogens is 1. The molecule has 0 radical (unpaired) electrons. The molecule has 2 heterocycles. The molecular weight excluding hydrogens is 473 g/mol. The zero-order chi connectivity index (χ0) is 20.5. The SMILES string of the molecule is CCCN(Cc1ncc(-c2cc3cc(O)c(I)cc3o2)[nH]1)C(=O)OC(C)(C)C. The number of phenols is 1. The highest BCUT2D eigenvalue weighted by atomic mass is 127. The van der Waals surface area contributed by atoms with Crippen LogP contribution in [-0.4, -0.2) is 38.2 Å². The highest BCUT2D eigenvalue weighted by molar-refractivity contribution is 14.1. The zero-order valence-corrected chi connectivity index (χ0v) is 18.5. The number of nitrogens with zero attached hydrogens (tertiary/aromatic N) is 2. The van der Waals surface area contributed by atoms with E-state index in [1.54, 1.807) is 23.2 Å². The minimum Gasteiger partial charge on any atom is -0.507 e. The number of carbonyl (C=O) groups excluding carboxylic acids is 1. The van der Waals surface area contributed by atoms with Gasteiger partial charge in [-0.25, -0.2) is 9.78 Å². The average Bonchev–Trinajstić information content (AvgIpc) is 3.20. The van der Waals surface area contributed by atoms with Gasteiger partial charge in [0.05, 0.1) is 16.3 Å². The molecule has 2 N–H and O–H groups in total. The number of fused-ring (bicyclic) bond motifs is 1. The highest BCUT2D eigenvalue weighted by Crippen LogP contribution is 2.32. The summed E-state index contributed by atoms with van der Waals surface area (Å²) in [6.07, 6.45) is 2.14. The van der Waals surface area contributed by atoms with Crippen LogP contribution in [0.2, 0.25) is 0 Å². The average molecular weight is 497 g/mol. The molecule has 0 spiro atoms. The predicted octanol–water partition coefficient (Wildman–Crippen LogP) is 5.28. The summed E-state index contributed by atoms with van der Waals surface area (Å²) in [5, 5.41) is 10.7. The fourth-order valence-electron chi connectivity index (χ4n) is 2.76. The van der Waals surface area contributed by atoms with E-state index in [-0.39, 0.29) is 11.8 Å². The van der Waals surface area contributed by atoms with Gasteiger partial charge in [-0.1, -0.05) is 6.92 Å². The second-order valence-electron chi connectivity index (χ2n) is 7.60. The van der Waals surface area contributed by atoms with Crippen LogP contribution in [0.1, 0.15) is 39.9 Å². The third-order valence-corrected chi connectivity index (χ3v) is 4.83. The maximum absolute atomic E-state index is 12.4. The standard InChI is InChI=1S/C20H24IN3O4/c1-5-6-24(19(26)28-20(2,3)4)11-18-22-10-14(23-18)17-8-12-7-15(25)13(21)9-16(12)27-17/h7-10,25H,5-6,11H2,1-4H3,(H,22,23). The maximum Gasteiger partial charge on any atom is 0.410 e. The number of hydrogen-bond donors (Lipinski definition) is 2. The lowest BCUT2D eigenvalue weighted by molar-refractivity contribution is 0.0229. The number of nitrogens with one attached hydrogen (secondary N) is 1. The van der Waals surface area contributed by atoms with Gasteiger partial charge in [-0.05, 0) is 68.0 Å². The zero-order valence-electron chi connectivity index (χ0n) is 16.4. The molecule has 3 aromatic rings. The van der Waals surface area contributed by atoms with Gasteiger partial charge in [0.15, 0.2) is 5.76 Å². The molecule has 0 unspecified atom stereocenters. The van der Waals surface area contributed by atoms with Crippen molar-refractivity contribution in [2.75, 3.05) is 6.54 Å². The van der Waals surface area contributed by atoms with Gasteiger partial charge in [0.2, 0.25) is 0 Å². The fraction of sp³-hybridized carbons (Fsp3) is 0.400. The topological polar surface area (TPSA) is 91.6 Å². The Kier molecular flexibility index (Phi) is 5.87. The van der Waals surface area contributed by atoms with E-state index in [1.807, 2.05) is 33.8 Å². The third-order valence-electron chi connectivity index (χ3n) is 3.97. The first-order valence-corrected chi connectivity index (χ1v) is 10.2. The van der Waals surface area contributed by atoms with Crippen molar-refractivity contribution in [3.8, 4) is 17.2 Å². The number of amides is 1. The van der Waals surface area contributed by atoms with Crippen molar-refractivity contribution in [3.05, 3.63) is 33.8 Å². The number of hydrogen-bond acceptors (Lipinski definition) is 5. The van der Waals surface area contributed by atoms with Gasteiger partial charge >= 0.3 is 6.09 Å². The van der Waals surface area contributed by atoms with Crippen molar-refractivity contribution < 1.29 is 19.1 Å². The molecule has 0 aliphatic carbocycles. The Morgan fingerprint density at radius 2 is 2.11 bits per heavy atom. The van der Waals surface area contributed by atoms with Gasteiger partial charge in [-0.15, -0.1) is 0 Å². The first-order chi connectivity index (χ1) is 13.2. The Morgan fingerprint density at radius 3 is 2.79 bits per heavy atom. The predicted molar refractivity (Wildman–Crippen MR) is 115 cm³/mol. The molecule has 0 aliphatic rings. The van der Waals surface area contributed by atoms with E-state index in [9.17, 15) is 9.90 Å². The number of ether oxygens (including phenoxy) is 1. The quantitative estimate of drug-likeness (QED) is 0.468. The molecule has 8 heteroatoms. The van der Waals surface area contributed by atoms with E-state index in [0.717, 1.165) is 15.4 Å². The molecular formula is C20H24IN3O4. The van der Waals surface area contributed by atoms with Crippen molar-refractivity contribution in [3.63, 3.8) is 0 Å². The second kappa shape index (κ2) is 8.02. The molecule has 150 valence electrons. The van der Waals surface area contributed by atoms with Gasteiger partial charge < -0.3 is 24.1 Å². The minimum atomic E-state index is -0.547. The number of rotatable bonds is 5. The van der Waals surface area contributed by atoms with Crippen LogP contribution in [0.15, 0.2) is 28.8 Å². The molecule has 1 amide bonds. The van der Waals surface area contributed by atoms with Crippen molar-refractivity contribution >= 4 is 39.7 Å².